The summed E-state index contributed by atoms with van der Waals surface area (Å²) in [5.41, 5.74) is 10.0. The van der Waals surface area contributed by atoms with Crippen LogP contribution in [0.5, 0.6) is 0 Å². The molecule has 0 saturated heterocycles. The van der Waals surface area contributed by atoms with Crippen LogP contribution >= 0.6 is 23.6 Å². The van der Waals surface area contributed by atoms with Gasteiger partial charge in [0.1, 0.15) is 0 Å². The van der Waals surface area contributed by atoms with Crippen LogP contribution in [0.25, 0.3) is 0 Å². The number of aryl methyl sites for hydroxylation is 3. The number of anilines is 1. The van der Waals surface area contributed by atoms with Crippen LogP contribution in [0.3, 0.4) is 0 Å². The van der Waals surface area contributed by atoms with Crippen LogP contribution in [0, 0.1) is 19.8 Å². The molecule has 2 aromatic rings. The fourth-order valence-corrected chi connectivity index (χ4v) is 4.47. The molecule has 0 bridgehead atoms. The molecular formula is C19H23N3OS2. The molecule has 0 saturated carbocycles. The largest absolute Gasteiger partial charge is 0.331 e. The zero-order chi connectivity index (χ0) is 18.0. The molecular weight excluding hydrogens is 350 g/mol. The third kappa shape index (κ3) is 4.58. The van der Waals surface area contributed by atoms with Crippen LogP contribution in [0.1, 0.15) is 44.6 Å². The summed E-state index contributed by atoms with van der Waals surface area (Å²) in [5, 5.41) is 3.46. The molecule has 6 heteroatoms. The monoisotopic (exact) mass is 373 g/mol. The lowest BCUT2D eigenvalue weighted by molar-refractivity contribution is 0.0948. The molecule has 1 atom stereocenters. The summed E-state index contributed by atoms with van der Waals surface area (Å²) in [5.74, 6) is 0.558. The van der Waals surface area contributed by atoms with E-state index < -0.39 is 0 Å². The quantitative estimate of drug-likeness (QED) is 0.547. The van der Waals surface area contributed by atoms with Crippen molar-refractivity contribution in [3.05, 3.63) is 50.7 Å². The minimum atomic E-state index is -0.142. The fraction of sp³-hybridized carbons (Fsp3) is 0.368. The van der Waals surface area contributed by atoms with Gasteiger partial charge in [-0.3, -0.25) is 15.6 Å². The first-order valence-corrected chi connectivity index (χ1v) is 9.70. The van der Waals surface area contributed by atoms with Crippen LogP contribution in [-0.2, 0) is 12.8 Å². The molecule has 0 unspecified atom stereocenters. The average molecular weight is 374 g/mol. The van der Waals surface area contributed by atoms with Gasteiger partial charge in [-0.05, 0) is 86.1 Å². The smallest absolute Gasteiger partial charge is 0.279 e. The summed E-state index contributed by atoms with van der Waals surface area (Å²) >= 11 is 6.85. The Kier molecular flexibility index (Phi) is 5.39. The molecule has 4 nitrogen and oxygen atoms in total. The number of thiophene rings is 1. The van der Waals surface area contributed by atoms with Crippen LogP contribution < -0.4 is 16.2 Å². The second kappa shape index (κ2) is 7.54. The average Bonchev–Trinajstić information content (AvgIpc) is 2.94. The second-order valence-corrected chi connectivity index (χ2v) is 8.36. The van der Waals surface area contributed by atoms with Gasteiger partial charge >= 0.3 is 0 Å². The van der Waals surface area contributed by atoms with Gasteiger partial charge in [0.15, 0.2) is 5.11 Å². The fourth-order valence-electron chi connectivity index (χ4n) is 3.20. The second-order valence-electron chi connectivity index (χ2n) is 6.82. The van der Waals surface area contributed by atoms with E-state index in [1.807, 2.05) is 32.0 Å². The summed E-state index contributed by atoms with van der Waals surface area (Å²) in [7, 11) is 0. The third-order valence-corrected chi connectivity index (χ3v) is 5.76. The molecule has 1 aromatic carbocycles. The van der Waals surface area contributed by atoms with Crippen molar-refractivity contribution in [2.75, 3.05) is 5.32 Å². The van der Waals surface area contributed by atoms with E-state index in [0.29, 0.717) is 11.0 Å². The SMILES string of the molecule is Cc1cc(C)cc(NC(=S)NNC(=O)c2cc3c(s2)CC[C@@H](C)C3)c1. The first-order chi connectivity index (χ1) is 11.9. The highest BCUT2D eigenvalue weighted by molar-refractivity contribution is 7.80. The summed E-state index contributed by atoms with van der Waals surface area (Å²) in [4.78, 5) is 14.4. The number of carbonyl (C=O) groups excluding carboxylic acids is 1. The number of benzene rings is 1. The molecule has 0 aliphatic heterocycles. The standard InChI is InChI=1S/C19H23N3OS2/c1-11-4-5-16-14(7-11)10-17(25-16)18(23)21-22-19(24)20-15-8-12(2)6-13(3)9-15/h6,8-11H,4-5,7H2,1-3H3,(H,21,23)(H2,20,22,24)/t11-/m1/s1. The molecule has 1 aliphatic rings. The van der Waals surface area contributed by atoms with Gasteiger partial charge in [-0.15, -0.1) is 11.3 Å². The van der Waals surface area contributed by atoms with E-state index in [4.69, 9.17) is 12.2 Å². The van der Waals surface area contributed by atoms with Crippen LogP contribution in [-0.4, -0.2) is 11.0 Å². The van der Waals surface area contributed by atoms with Gasteiger partial charge in [-0.1, -0.05) is 13.0 Å². The lowest BCUT2D eigenvalue weighted by Crippen LogP contribution is -2.43. The normalized spacial score (nSPS) is 16.0. The summed E-state index contributed by atoms with van der Waals surface area (Å²) in [6, 6.07) is 8.14. The number of carbonyl (C=O) groups is 1. The van der Waals surface area contributed by atoms with Gasteiger partial charge in [-0.2, -0.15) is 0 Å². The predicted octanol–water partition coefficient (Wildman–Crippen LogP) is 4.12. The molecule has 1 aromatic heterocycles. The van der Waals surface area contributed by atoms with E-state index in [2.05, 4.69) is 29.2 Å². The summed E-state index contributed by atoms with van der Waals surface area (Å²) in [6.07, 6.45) is 3.35. The van der Waals surface area contributed by atoms with Crippen molar-refractivity contribution in [3.8, 4) is 0 Å². The third-order valence-electron chi connectivity index (χ3n) is 4.32. The molecule has 1 aliphatic carbocycles. The van der Waals surface area contributed by atoms with Crippen molar-refractivity contribution in [2.24, 2.45) is 5.92 Å². The predicted molar refractivity (Wildman–Crippen MR) is 108 cm³/mol. The molecule has 0 fully saturated rings. The van der Waals surface area contributed by atoms with Gasteiger partial charge in [0.25, 0.3) is 5.91 Å². The van der Waals surface area contributed by atoms with E-state index in [1.165, 1.54) is 16.9 Å². The van der Waals surface area contributed by atoms with Gasteiger partial charge in [0.2, 0.25) is 0 Å². The maximum atomic E-state index is 12.4. The molecule has 3 N–H and O–H groups in total. The molecule has 3 rings (SSSR count). The first kappa shape index (κ1) is 17.9. The van der Waals surface area contributed by atoms with E-state index in [0.717, 1.165) is 34.5 Å². The Labute approximate surface area is 158 Å². The van der Waals surface area contributed by atoms with Crippen molar-refractivity contribution in [1.29, 1.82) is 0 Å². The molecule has 0 spiro atoms. The highest BCUT2D eigenvalue weighted by Crippen LogP contribution is 2.32. The Balaban J connectivity index is 1.56. The van der Waals surface area contributed by atoms with E-state index >= 15 is 0 Å². The molecule has 25 heavy (non-hydrogen) atoms. The number of hydrazine groups is 1. The lowest BCUT2D eigenvalue weighted by atomic mass is 9.90. The van der Waals surface area contributed by atoms with Gasteiger partial charge < -0.3 is 5.32 Å². The minimum Gasteiger partial charge on any atom is -0.331 e. The van der Waals surface area contributed by atoms with E-state index in [1.54, 1.807) is 11.3 Å². The van der Waals surface area contributed by atoms with Crippen LogP contribution in [0.15, 0.2) is 24.3 Å². The highest BCUT2D eigenvalue weighted by atomic mass is 32.1. The van der Waals surface area contributed by atoms with Crippen molar-refractivity contribution < 1.29 is 4.79 Å². The Hall–Kier alpha value is -1.92. The minimum absolute atomic E-state index is 0.142. The Morgan fingerprint density at radius 1 is 1.16 bits per heavy atom. The maximum Gasteiger partial charge on any atom is 0.279 e. The number of hydrogen-bond acceptors (Lipinski definition) is 3. The Morgan fingerprint density at radius 2 is 1.88 bits per heavy atom. The number of amides is 1. The Morgan fingerprint density at radius 3 is 2.60 bits per heavy atom. The summed E-state index contributed by atoms with van der Waals surface area (Å²) in [6.45, 7) is 6.34. The van der Waals surface area contributed by atoms with Crippen molar-refractivity contribution >= 4 is 40.3 Å². The number of fused-ring (bicyclic) bond motifs is 1. The maximum absolute atomic E-state index is 12.4. The van der Waals surface area contributed by atoms with Crippen LogP contribution in [0.4, 0.5) is 5.69 Å². The number of rotatable bonds is 2. The summed E-state index contributed by atoms with van der Waals surface area (Å²) < 4.78 is 0. The Bertz CT molecular complexity index is 793. The molecule has 0 radical (unpaired) electrons. The first-order valence-electron chi connectivity index (χ1n) is 8.48. The van der Waals surface area contributed by atoms with Gasteiger partial charge in [-0.25, -0.2) is 0 Å². The highest BCUT2D eigenvalue weighted by Gasteiger charge is 2.20. The lowest BCUT2D eigenvalue weighted by Gasteiger charge is -2.16. The zero-order valence-electron chi connectivity index (χ0n) is 14.7. The number of thiocarbonyl (C=S) groups is 1. The van der Waals surface area contributed by atoms with Crippen LogP contribution in [0.2, 0.25) is 0 Å². The molecule has 132 valence electrons. The van der Waals surface area contributed by atoms with Gasteiger partial charge in [0.05, 0.1) is 4.88 Å². The van der Waals surface area contributed by atoms with Crippen molar-refractivity contribution in [1.82, 2.24) is 10.9 Å². The van der Waals surface area contributed by atoms with E-state index in [-0.39, 0.29) is 5.91 Å². The van der Waals surface area contributed by atoms with Crippen molar-refractivity contribution in [3.63, 3.8) is 0 Å². The number of hydrogen-bond donors (Lipinski definition) is 3. The van der Waals surface area contributed by atoms with Crippen molar-refractivity contribution in [2.45, 2.75) is 40.0 Å². The molecule has 1 heterocycles. The van der Waals surface area contributed by atoms with Gasteiger partial charge in [0, 0.05) is 10.6 Å². The zero-order valence-corrected chi connectivity index (χ0v) is 16.4. The van der Waals surface area contributed by atoms with E-state index in [9.17, 15) is 4.79 Å². The molecule has 1 amide bonds. The number of nitrogens with one attached hydrogen (secondary N) is 3. The topological polar surface area (TPSA) is 53.2 Å².